The standard InChI is InChI=1S/C9H5BrN2O2/c10-7-4-2-1-3-6(7)9-12-11-8(5-13)14-9/h1-5H. The molecule has 2 aromatic rings. The second kappa shape index (κ2) is 3.71. The van der Waals surface area contributed by atoms with Gasteiger partial charge in [-0.25, -0.2) is 0 Å². The van der Waals surface area contributed by atoms with E-state index >= 15 is 0 Å². The maximum Gasteiger partial charge on any atom is 0.280 e. The third kappa shape index (κ3) is 1.58. The van der Waals surface area contributed by atoms with Crippen molar-refractivity contribution >= 4 is 22.2 Å². The molecule has 0 saturated heterocycles. The lowest BCUT2D eigenvalue weighted by molar-refractivity contribution is 0.109. The van der Waals surface area contributed by atoms with Gasteiger partial charge in [0, 0.05) is 4.47 Å². The summed E-state index contributed by atoms with van der Waals surface area (Å²) in [6, 6.07) is 7.42. The molecule has 0 spiro atoms. The average Bonchev–Trinajstić information content (AvgIpc) is 2.67. The predicted octanol–water partition coefficient (Wildman–Crippen LogP) is 2.31. The molecule has 0 atom stereocenters. The van der Waals surface area contributed by atoms with Gasteiger partial charge in [-0.2, -0.15) is 0 Å². The number of benzene rings is 1. The molecule has 4 nitrogen and oxygen atoms in total. The Hall–Kier alpha value is -1.49. The lowest BCUT2D eigenvalue weighted by Gasteiger charge is -1.96. The Bertz CT molecular complexity index is 467. The summed E-state index contributed by atoms with van der Waals surface area (Å²) in [4.78, 5) is 10.3. The largest absolute Gasteiger partial charge is 0.414 e. The smallest absolute Gasteiger partial charge is 0.280 e. The summed E-state index contributed by atoms with van der Waals surface area (Å²) < 4.78 is 5.93. The summed E-state index contributed by atoms with van der Waals surface area (Å²) in [5, 5.41) is 7.29. The third-order valence-electron chi connectivity index (χ3n) is 1.65. The monoisotopic (exact) mass is 252 g/mol. The van der Waals surface area contributed by atoms with Gasteiger partial charge in [0.1, 0.15) is 0 Å². The van der Waals surface area contributed by atoms with E-state index in [1.54, 1.807) is 0 Å². The number of nitrogens with zero attached hydrogens (tertiary/aromatic N) is 2. The minimum atomic E-state index is -0.0178. The van der Waals surface area contributed by atoms with Gasteiger partial charge in [-0.3, -0.25) is 4.79 Å². The van der Waals surface area contributed by atoms with Gasteiger partial charge in [-0.05, 0) is 28.1 Å². The topological polar surface area (TPSA) is 56.0 Å². The van der Waals surface area contributed by atoms with Gasteiger partial charge >= 0.3 is 0 Å². The number of hydrogen-bond acceptors (Lipinski definition) is 4. The van der Waals surface area contributed by atoms with Crippen LogP contribution in [0.3, 0.4) is 0 Å². The van der Waals surface area contributed by atoms with Crippen LogP contribution in [0, 0.1) is 0 Å². The lowest BCUT2D eigenvalue weighted by Crippen LogP contribution is -1.78. The first-order valence-corrected chi connectivity index (χ1v) is 4.64. The molecule has 0 bridgehead atoms. The zero-order valence-corrected chi connectivity index (χ0v) is 8.56. The summed E-state index contributed by atoms with van der Waals surface area (Å²) in [6.07, 6.45) is 0.521. The van der Waals surface area contributed by atoms with Crippen LogP contribution >= 0.6 is 15.9 Å². The van der Waals surface area contributed by atoms with Crippen LogP contribution in [0.2, 0.25) is 0 Å². The lowest BCUT2D eigenvalue weighted by atomic mass is 10.2. The molecular formula is C9H5BrN2O2. The van der Waals surface area contributed by atoms with Crippen LogP contribution in [-0.2, 0) is 0 Å². The fraction of sp³-hybridized carbons (Fsp3) is 0. The number of aldehydes is 1. The predicted molar refractivity (Wildman–Crippen MR) is 52.8 cm³/mol. The molecule has 0 amide bonds. The molecule has 0 fully saturated rings. The molecule has 70 valence electrons. The summed E-state index contributed by atoms with van der Waals surface area (Å²) >= 11 is 3.35. The van der Waals surface area contributed by atoms with E-state index in [1.807, 2.05) is 24.3 Å². The second-order valence-corrected chi connectivity index (χ2v) is 3.40. The first-order valence-electron chi connectivity index (χ1n) is 3.85. The van der Waals surface area contributed by atoms with Gasteiger partial charge in [0.15, 0.2) is 0 Å². The number of halogens is 1. The number of hydrogen-bond donors (Lipinski definition) is 0. The van der Waals surface area contributed by atoms with E-state index in [0.717, 1.165) is 10.0 Å². The Kier molecular flexibility index (Phi) is 2.41. The van der Waals surface area contributed by atoms with Crippen molar-refractivity contribution in [2.45, 2.75) is 0 Å². The van der Waals surface area contributed by atoms with Gasteiger partial charge in [0.2, 0.25) is 12.2 Å². The first kappa shape index (κ1) is 9.08. The Labute approximate surface area is 88.1 Å². The molecule has 5 heteroatoms. The Balaban J connectivity index is 2.49. The van der Waals surface area contributed by atoms with Crippen molar-refractivity contribution in [3.8, 4) is 11.5 Å². The minimum Gasteiger partial charge on any atom is -0.414 e. The fourth-order valence-electron chi connectivity index (χ4n) is 1.03. The highest BCUT2D eigenvalue weighted by atomic mass is 79.9. The van der Waals surface area contributed by atoms with E-state index in [1.165, 1.54) is 0 Å². The number of rotatable bonds is 2. The van der Waals surface area contributed by atoms with Crippen molar-refractivity contribution in [2.75, 3.05) is 0 Å². The van der Waals surface area contributed by atoms with E-state index in [2.05, 4.69) is 26.1 Å². The normalized spacial score (nSPS) is 10.1. The Morgan fingerprint density at radius 2 is 2.07 bits per heavy atom. The fourth-order valence-corrected chi connectivity index (χ4v) is 1.48. The van der Waals surface area contributed by atoms with Gasteiger partial charge in [0.05, 0.1) is 5.56 Å². The van der Waals surface area contributed by atoms with E-state index < -0.39 is 0 Å². The van der Waals surface area contributed by atoms with Gasteiger partial charge < -0.3 is 4.42 Å². The zero-order chi connectivity index (χ0) is 9.97. The van der Waals surface area contributed by atoms with Gasteiger partial charge in [-0.15, -0.1) is 10.2 Å². The molecule has 0 saturated carbocycles. The molecule has 0 radical (unpaired) electrons. The molecule has 0 aliphatic rings. The number of aromatic nitrogens is 2. The van der Waals surface area contributed by atoms with E-state index in [0.29, 0.717) is 12.2 Å². The molecule has 1 heterocycles. The van der Waals surface area contributed by atoms with Gasteiger partial charge in [-0.1, -0.05) is 12.1 Å². The highest BCUT2D eigenvalue weighted by Crippen LogP contribution is 2.26. The van der Waals surface area contributed by atoms with Crippen LogP contribution < -0.4 is 0 Å². The van der Waals surface area contributed by atoms with Crippen molar-refractivity contribution in [1.29, 1.82) is 0 Å². The first-order chi connectivity index (χ1) is 6.81. The van der Waals surface area contributed by atoms with Crippen molar-refractivity contribution in [3.05, 3.63) is 34.6 Å². The molecule has 0 N–H and O–H groups in total. The number of carbonyl (C=O) groups excluding carboxylic acids is 1. The molecule has 14 heavy (non-hydrogen) atoms. The van der Waals surface area contributed by atoms with E-state index in [9.17, 15) is 4.79 Å². The molecule has 0 aliphatic heterocycles. The third-order valence-corrected chi connectivity index (χ3v) is 2.34. The summed E-state index contributed by atoms with van der Waals surface area (Å²) in [7, 11) is 0. The maximum absolute atomic E-state index is 10.3. The molecular weight excluding hydrogens is 248 g/mol. The van der Waals surface area contributed by atoms with Crippen LogP contribution in [0.4, 0.5) is 0 Å². The highest BCUT2D eigenvalue weighted by molar-refractivity contribution is 9.10. The van der Waals surface area contributed by atoms with Crippen molar-refractivity contribution < 1.29 is 9.21 Å². The molecule has 0 aliphatic carbocycles. The SMILES string of the molecule is O=Cc1nnc(-c2ccccc2Br)o1. The Morgan fingerprint density at radius 3 is 2.71 bits per heavy atom. The van der Waals surface area contributed by atoms with Crippen LogP contribution in [0.1, 0.15) is 10.7 Å². The molecule has 2 rings (SSSR count). The Morgan fingerprint density at radius 1 is 1.29 bits per heavy atom. The van der Waals surface area contributed by atoms with Crippen LogP contribution in [0.15, 0.2) is 33.2 Å². The van der Waals surface area contributed by atoms with E-state index in [4.69, 9.17) is 4.42 Å². The summed E-state index contributed by atoms with van der Waals surface area (Å²) in [5.41, 5.74) is 0.771. The molecule has 0 unspecified atom stereocenters. The van der Waals surface area contributed by atoms with Crippen LogP contribution in [-0.4, -0.2) is 16.5 Å². The minimum absolute atomic E-state index is 0.0178. The maximum atomic E-state index is 10.3. The summed E-state index contributed by atoms with van der Waals surface area (Å²) in [6.45, 7) is 0. The molecule has 1 aromatic heterocycles. The van der Waals surface area contributed by atoms with Crippen LogP contribution in [0.5, 0.6) is 0 Å². The van der Waals surface area contributed by atoms with E-state index in [-0.39, 0.29) is 5.89 Å². The van der Waals surface area contributed by atoms with Crippen molar-refractivity contribution in [3.63, 3.8) is 0 Å². The summed E-state index contributed by atoms with van der Waals surface area (Å²) in [5.74, 6) is 0.315. The van der Waals surface area contributed by atoms with Gasteiger partial charge in [0.25, 0.3) is 5.89 Å². The quantitative estimate of drug-likeness (QED) is 0.770. The molecule has 1 aromatic carbocycles. The van der Waals surface area contributed by atoms with Crippen LogP contribution in [0.25, 0.3) is 11.5 Å². The zero-order valence-electron chi connectivity index (χ0n) is 6.98. The number of carbonyl (C=O) groups is 1. The van der Waals surface area contributed by atoms with Crippen molar-refractivity contribution in [2.24, 2.45) is 0 Å². The average molecular weight is 253 g/mol. The van der Waals surface area contributed by atoms with Crippen molar-refractivity contribution in [1.82, 2.24) is 10.2 Å². The highest BCUT2D eigenvalue weighted by Gasteiger charge is 2.09. The second-order valence-electron chi connectivity index (χ2n) is 2.54.